The van der Waals surface area contributed by atoms with Crippen molar-refractivity contribution in [1.82, 2.24) is 0 Å². The number of nitrogens with zero attached hydrogens (tertiary/aromatic N) is 1. The van der Waals surface area contributed by atoms with Gasteiger partial charge in [-0.1, -0.05) is 6.07 Å². The number of allylic oxidation sites excluding steroid dienone is 1. The number of ether oxygens (including phenoxy) is 1. The summed E-state index contributed by atoms with van der Waals surface area (Å²) >= 11 is 0. The lowest BCUT2D eigenvalue weighted by atomic mass is 10.2. The highest BCUT2D eigenvalue weighted by molar-refractivity contribution is 7.95. The van der Waals surface area contributed by atoms with Crippen molar-refractivity contribution in [2.24, 2.45) is 0 Å². The second kappa shape index (κ2) is 7.49. The Morgan fingerprint density at radius 3 is 2.38 bits per heavy atom. The van der Waals surface area contributed by atoms with E-state index in [9.17, 15) is 21.6 Å². The number of alkyl halides is 3. The Hall–Kier alpha value is -2.99. The molecule has 0 saturated carbocycles. The smallest absolute Gasteiger partial charge is 0.416 e. The van der Waals surface area contributed by atoms with Crippen molar-refractivity contribution in [3.63, 3.8) is 0 Å². The molecule has 0 fully saturated rings. The molecule has 0 aliphatic heterocycles. The number of halogens is 3. The van der Waals surface area contributed by atoms with E-state index in [1.807, 2.05) is 0 Å². The van der Waals surface area contributed by atoms with E-state index in [1.54, 1.807) is 6.07 Å². The van der Waals surface area contributed by atoms with Crippen molar-refractivity contribution < 1.29 is 26.3 Å². The molecule has 0 bridgehead atoms. The summed E-state index contributed by atoms with van der Waals surface area (Å²) in [6, 6.07) is 11.1. The van der Waals surface area contributed by atoms with Gasteiger partial charge in [0, 0.05) is 11.9 Å². The fraction of sp³-hybridized carbons (Fsp3) is 0.118. The van der Waals surface area contributed by atoms with Crippen molar-refractivity contribution in [3.8, 4) is 11.8 Å². The Labute approximate surface area is 148 Å². The summed E-state index contributed by atoms with van der Waals surface area (Å²) in [6.07, 6.45) is -3.68. The SMILES string of the molecule is COc1ccc(S(=O)(=O)/C(C#N)=C/Nc2cccc(C(F)(F)F)c2)cc1. The van der Waals surface area contributed by atoms with Gasteiger partial charge in [0.15, 0.2) is 4.91 Å². The fourth-order valence-electron chi connectivity index (χ4n) is 1.99. The number of sulfone groups is 1. The van der Waals surface area contributed by atoms with Gasteiger partial charge >= 0.3 is 6.18 Å². The number of hydrogen-bond donors (Lipinski definition) is 1. The molecular formula is C17H13F3N2O3S. The van der Waals surface area contributed by atoms with Crippen molar-refractivity contribution in [2.45, 2.75) is 11.1 Å². The van der Waals surface area contributed by atoms with Gasteiger partial charge in [0.05, 0.1) is 17.6 Å². The quantitative estimate of drug-likeness (QED) is 0.792. The minimum Gasteiger partial charge on any atom is -0.497 e. The van der Waals surface area contributed by atoms with E-state index in [0.717, 1.165) is 18.3 Å². The van der Waals surface area contributed by atoms with Crippen LogP contribution in [-0.4, -0.2) is 15.5 Å². The second-order valence-electron chi connectivity index (χ2n) is 5.02. The molecule has 0 atom stereocenters. The van der Waals surface area contributed by atoms with E-state index < -0.39 is 26.5 Å². The lowest BCUT2D eigenvalue weighted by Crippen LogP contribution is -2.07. The Morgan fingerprint density at radius 2 is 1.85 bits per heavy atom. The first kappa shape index (κ1) is 19.3. The third kappa shape index (κ3) is 4.34. The standard InChI is InChI=1S/C17H13F3N2O3S/c1-25-14-5-7-15(8-6-14)26(23,24)16(10-21)11-22-13-4-2-3-12(9-13)17(18,19)20/h2-9,11,22H,1H3/b16-11+. The highest BCUT2D eigenvalue weighted by Crippen LogP contribution is 2.31. The van der Waals surface area contributed by atoms with Crippen molar-refractivity contribution in [2.75, 3.05) is 12.4 Å². The number of methoxy groups -OCH3 is 1. The molecule has 0 aliphatic rings. The Morgan fingerprint density at radius 1 is 1.19 bits per heavy atom. The Balaban J connectivity index is 2.31. The first-order valence-corrected chi connectivity index (χ1v) is 8.60. The maximum Gasteiger partial charge on any atom is 0.416 e. The van der Waals surface area contributed by atoms with Gasteiger partial charge in [-0.05, 0) is 42.5 Å². The van der Waals surface area contributed by atoms with Crippen molar-refractivity contribution in [3.05, 3.63) is 65.2 Å². The molecule has 5 nitrogen and oxygen atoms in total. The van der Waals surface area contributed by atoms with Crippen LogP contribution in [-0.2, 0) is 16.0 Å². The van der Waals surface area contributed by atoms with E-state index in [2.05, 4.69) is 5.32 Å². The number of anilines is 1. The van der Waals surface area contributed by atoms with Crippen LogP contribution in [0.1, 0.15) is 5.56 Å². The predicted octanol–water partition coefficient (Wildman–Crippen LogP) is 3.96. The lowest BCUT2D eigenvalue weighted by molar-refractivity contribution is -0.137. The largest absolute Gasteiger partial charge is 0.497 e. The molecule has 0 unspecified atom stereocenters. The topological polar surface area (TPSA) is 79.2 Å². The molecule has 0 aliphatic carbocycles. The van der Waals surface area contributed by atoms with E-state index in [0.29, 0.717) is 5.75 Å². The molecule has 0 heterocycles. The molecule has 0 amide bonds. The van der Waals surface area contributed by atoms with Crippen molar-refractivity contribution in [1.29, 1.82) is 5.26 Å². The van der Waals surface area contributed by atoms with Crippen LogP contribution < -0.4 is 10.1 Å². The molecule has 1 N–H and O–H groups in total. The van der Waals surface area contributed by atoms with Gasteiger partial charge in [0.25, 0.3) is 0 Å². The highest BCUT2D eigenvalue weighted by Gasteiger charge is 2.30. The van der Waals surface area contributed by atoms with Gasteiger partial charge in [-0.2, -0.15) is 18.4 Å². The highest BCUT2D eigenvalue weighted by atomic mass is 32.2. The minimum atomic E-state index is -4.53. The summed E-state index contributed by atoms with van der Waals surface area (Å²) in [5, 5.41) is 11.6. The Kier molecular flexibility index (Phi) is 5.57. The zero-order chi connectivity index (χ0) is 19.4. The number of benzene rings is 2. The van der Waals surface area contributed by atoms with E-state index in [-0.39, 0.29) is 10.6 Å². The van der Waals surface area contributed by atoms with Gasteiger partial charge < -0.3 is 10.1 Å². The first-order valence-electron chi connectivity index (χ1n) is 7.11. The van der Waals surface area contributed by atoms with Crippen LogP contribution in [0.25, 0.3) is 0 Å². The number of nitrogens with one attached hydrogen (secondary N) is 1. The Bertz CT molecular complexity index is 960. The van der Waals surface area contributed by atoms with Crippen LogP contribution in [0.2, 0.25) is 0 Å². The molecule has 136 valence electrons. The summed E-state index contributed by atoms with van der Waals surface area (Å²) in [4.78, 5) is -0.781. The molecule has 2 rings (SSSR count). The van der Waals surface area contributed by atoms with Crippen LogP contribution >= 0.6 is 0 Å². The summed E-state index contributed by atoms with van der Waals surface area (Å²) in [6.45, 7) is 0. The van der Waals surface area contributed by atoms with Crippen LogP contribution in [0.15, 0.2) is 64.5 Å². The van der Waals surface area contributed by atoms with Crippen LogP contribution in [0.3, 0.4) is 0 Å². The number of rotatable bonds is 5. The third-order valence-corrected chi connectivity index (χ3v) is 5.01. The predicted molar refractivity (Wildman–Crippen MR) is 88.9 cm³/mol. The molecule has 0 aromatic heterocycles. The van der Waals surface area contributed by atoms with Gasteiger partial charge in [-0.3, -0.25) is 0 Å². The van der Waals surface area contributed by atoms with Crippen LogP contribution in [0, 0.1) is 11.3 Å². The molecule has 9 heteroatoms. The zero-order valence-corrected chi connectivity index (χ0v) is 14.2. The van der Waals surface area contributed by atoms with E-state index in [1.165, 1.54) is 43.5 Å². The van der Waals surface area contributed by atoms with Gasteiger partial charge in [-0.15, -0.1) is 0 Å². The van der Waals surface area contributed by atoms with Gasteiger partial charge in [0.1, 0.15) is 11.8 Å². The molecule has 0 spiro atoms. The van der Waals surface area contributed by atoms with E-state index >= 15 is 0 Å². The minimum absolute atomic E-state index is 0.00231. The molecule has 26 heavy (non-hydrogen) atoms. The average Bonchev–Trinajstić information content (AvgIpc) is 2.61. The lowest BCUT2D eigenvalue weighted by Gasteiger charge is -2.09. The van der Waals surface area contributed by atoms with E-state index in [4.69, 9.17) is 10.00 Å². The summed E-state index contributed by atoms with van der Waals surface area (Å²) < 4.78 is 68.0. The van der Waals surface area contributed by atoms with Crippen molar-refractivity contribution >= 4 is 15.5 Å². The first-order chi connectivity index (χ1) is 12.2. The summed E-state index contributed by atoms with van der Waals surface area (Å²) in [7, 11) is -2.71. The number of nitriles is 1. The monoisotopic (exact) mass is 382 g/mol. The van der Waals surface area contributed by atoms with Crippen LogP contribution in [0.4, 0.5) is 18.9 Å². The second-order valence-corrected chi connectivity index (χ2v) is 6.94. The summed E-state index contributed by atoms with van der Waals surface area (Å²) in [5.74, 6) is 0.438. The third-order valence-electron chi connectivity index (χ3n) is 3.33. The van der Waals surface area contributed by atoms with Crippen LogP contribution in [0.5, 0.6) is 5.75 Å². The number of hydrogen-bond acceptors (Lipinski definition) is 5. The molecule has 2 aromatic carbocycles. The van der Waals surface area contributed by atoms with Gasteiger partial charge in [0.2, 0.25) is 9.84 Å². The molecule has 0 radical (unpaired) electrons. The fourth-order valence-corrected chi connectivity index (χ4v) is 3.07. The normalized spacial score (nSPS) is 12.3. The maximum atomic E-state index is 12.7. The van der Waals surface area contributed by atoms with Gasteiger partial charge in [-0.25, -0.2) is 8.42 Å². The average molecular weight is 382 g/mol. The zero-order valence-electron chi connectivity index (χ0n) is 13.4. The molecule has 2 aromatic rings. The molecule has 0 saturated heterocycles. The molecular weight excluding hydrogens is 369 g/mol. The summed E-state index contributed by atoms with van der Waals surface area (Å²) in [5.41, 5.74) is -0.898. The maximum absolute atomic E-state index is 12.7.